The van der Waals surface area contributed by atoms with Crippen LogP contribution in [0.3, 0.4) is 0 Å². The first-order valence-corrected chi connectivity index (χ1v) is 8.12. The maximum atomic E-state index is 4.70. The highest BCUT2D eigenvalue weighted by Gasteiger charge is 2.37. The van der Waals surface area contributed by atoms with Crippen LogP contribution in [0.5, 0.6) is 0 Å². The second kappa shape index (κ2) is 5.98. The summed E-state index contributed by atoms with van der Waals surface area (Å²) in [4.78, 5) is 11.4. The number of anilines is 2. The van der Waals surface area contributed by atoms with Gasteiger partial charge in [-0.2, -0.15) is 0 Å². The van der Waals surface area contributed by atoms with E-state index >= 15 is 0 Å². The molecule has 2 fully saturated rings. The number of aromatic nitrogens is 2. The van der Waals surface area contributed by atoms with Crippen LogP contribution >= 0.6 is 0 Å². The van der Waals surface area contributed by atoms with Crippen LogP contribution in [0.4, 0.5) is 11.6 Å². The van der Waals surface area contributed by atoms with Gasteiger partial charge in [0.1, 0.15) is 11.6 Å². The Morgan fingerprint density at radius 3 is 2.60 bits per heavy atom. The highest BCUT2D eigenvalue weighted by atomic mass is 15.2. The molecule has 1 spiro atoms. The number of piperidine rings is 1. The third kappa shape index (κ3) is 2.89. The SMILES string of the molecule is CCCNc1cncc(N2CCC3(CCCC3)CC2)n1. The maximum absolute atomic E-state index is 4.70. The van der Waals surface area contributed by atoms with Crippen molar-refractivity contribution in [1.29, 1.82) is 0 Å². The molecule has 1 aromatic heterocycles. The van der Waals surface area contributed by atoms with Gasteiger partial charge in [-0.15, -0.1) is 0 Å². The minimum absolute atomic E-state index is 0.669. The average Bonchev–Trinajstić information content (AvgIpc) is 2.94. The molecule has 1 aliphatic carbocycles. The summed E-state index contributed by atoms with van der Waals surface area (Å²) in [5.74, 6) is 1.95. The molecule has 110 valence electrons. The first-order chi connectivity index (χ1) is 9.81. The number of rotatable bonds is 4. The zero-order valence-corrected chi connectivity index (χ0v) is 12.6. The predicted octanol–water partition coefficient (Wildman–Crippen LogP) is 3.46. The number of nitrogens with one attached hydrogen (secondary N) is 1. The summed E-state index contributed by atoms with van der Waals surface area (Å²) in [6.45, 7) is 5.41. The van der Waals surface area contributed by atoms with Crippen molar-refractivity contribution in [2.24, 2.45) is 5.41 Å². The second-order valence-corrected chi connectivity index (χ2v) is 6.38. The summed E-state index contributed by atoms with van der Waals surface area (Å²) in [5, 5.41) is 3.32. The molecule has 0 radical (unpaired) electrons. The van der Waals surface area contributed by atoms with Gasteiger partial charge in [0, 0.05) is 19.6 Å². The van der Waals surface area contributed by atoms with Gasteiger partial charge in [-0.1, -0.05) is 19.8 Å². The Hall–Kier alpha value is -1.32. The lowest BCUT2D eigenvalue weighted by atomic mass is 9.77. The van der Waals surface area contributed by atoms with E-state index in [1.807, 2.05) is 12.4 Å². The zero-order chi connectivity index (χ0) is 13.8. The molecule has 0 unspecified atom stereocenters. The van der Waals surface area contributed by atoms with Gasteiger partial charge in [0.05, 0.1) is 12.4 Å². The molecule has 2 heterocycles. The highest BCUT2D eigenvalue weighted by molar-refractivity contribution is 5.44. The van der Waals surface area contributed by atoms with Crippen molar-refractivity contribution in [1.82, 2.24) is 9.97 Å². The molecule has 20 heavy (non-hydrogen) atoms. The van der Waals surface area contributed by atoms with Crippen LogP contribution in [-0.4, -0.2) is 29.6 Å². The van der Waals surface area contributed by atoms with Gasteiger partial charge < -0.3 is 10.2 Å². The molecule has 2 aliphatic rings. The van der Waals surface area contributed by atoms with Crippen LogP contribution in [0.25, 0.3) is 0 Å². The molecule has 1 saturated carbocycles. The lowest BCUT2D eigenvalue weighted by molar-refractivity contribution is 0.226. The van der Waals surface area contributed by atoms with E-state index in [1.54, 1.807) is 0 Å². The van der Waals surface area contributed by atoms with E-state index in [-0.39, 0.29) is 0 Å². The Labute approximate surface area is 122 Å². The molecule has 1 N–H and O–H groups in total. The minimum Gasteiger partial charge on any atom is -0.369 e. The molecular formula is C16H26N4. The molecule has 3 rings (SSSR count). The van der Waals surface area contributed by atoms with Crippen molar-refractivity contribution in [2.75, 3.05) is 29.9 Å². The monoisotopic (exact) mass is 274 g/mol. The van der Waals surface area contributed by atoms with Crippen molar-refractivity contribution in [2.45, 2.75) is 51.9 Å². The van der Waals surface area contributed by atoms with E-state index in [0.29, 0.717) is 5.41 Å². The normalized spacial score (nSPS) is 21.4. The largest absolute Gasteiger partial charge is 0.369 e. The van der Waals surface area contributed by atoms with Crippen LogP contribution < -0.4 is 10.2 Å². The molecule has 1 aliphatic heterocycles. The van der Waals surface area contributed by atoms with Crippen molar-refractivity contribution in [3.8, 4) is 0 Å². The first-order valence-electron chi connectivity index (χ1n) is 8.12. The van der Waals surface area contributed by atoms with E-state index in [9.17, 15) is 0 Å². The predicted molar refractivity (Wildman–Crippen MR) is 83.2 cm³/mol. The molecular weight excluding hydrogens is 248 g/mol. The molecule has 0 amide bonds. The summed E-state index contributed by atoms with van der Waals surface area (Å²) in [7, 11) is 0. The van der Waals surface area contributed by atoms with Gasteiger partial charge >= 0.3 is 0 Å². The number of hydrogen-bond acceptors (Lipinski definition) is 4. The van der Waals surface area contributed by atoms with Crippen LogP contribution in [0.15, 0.2) is 12.4 Å². The highest BCUT2D eigenvalue weighted by Crippen LogP contribution is 2.46. The number of nitrogens with zero attached hydrogens (tertiary/aromatic N) is 3. The van der Waals surface area contributed by atoms with Gasteiger partial charge in [-0.3, -0.25) is 4.98 Å². The minimum atomic E-state index is 0.669. The molecule has 4 nitrogen and oxygen atoms in total. The molecule has 1 aromatic rings. The van der Waals surface area contributed by atoms with E-state index in [0.717, 1.165) is 37.7 Å². The van der Waals surface area contributed by atoms with Gasteiger partial charge in [0.15, 0.2) is 0 Å². The summed E-state index contributed by atoms with van der Waals surface area (Å²) in [5.41, 5.74) is 0.669. The molecule has 0 bridgehead atoms. The van der Waals surface area contributed by atoms with E-state index in [4.69, 9.17) is 4.98 Å². The second-order valence-electron chi connectivity index (χ2n) is 6.38. The zero-order valence-electron chi connectivity index (χ0n) is 12.6. The first kappa shape index (κ1) is 13.7. The fourth-order valence-corrected chi connectivity index (χ4v) is 3.68. The molecule has 0 aromatic carbocycles. The standard InChI is InChI=1S/C16H26N4/c1-2-9-18-14-12-17-13-15(19-14)20-10-7-16(8-11-20)5-3-4-6-16/h12-13H,2-11H2,1H3,(H,18,19). The Morgan fingerprint density at radius 1 is 1.15 bits per heavy atom. The Balaban J connectivity index is 1.62. The van der Waals surface area contributed by atoms with Crippen molar-refractivity contribution in [3.05, 3.63) is 12.4 Å². The smallest absolute Gasteiger partial charge is 0.149 e. The van der Waals surface area contributed by atoms with Crippen molar-refractivity contribution in [3.63, 3.8) is 0 Å². The lowest BCUT2D eigenvalue weighted by Gasteiger charge is -2.39. The molecule has 0 atom stereocenters. The Morgan fingerprint density at radius 2 is 1.90 bits per heavy atom. The van der Waals surface area contributed by atoms with E-state index < -0.39 is 0 Å². The molecule has 4 heteroatoms. The third-order valence-electron chi connectivity index (χ3n) is 4.99. The fourth-order valence-electron chi connectivity index (χ4n) is 3.68. The van der Waals surface area contributed by atoms with Crippen LogP contribution in [0.1, 0.15) is 51.9 Å². The average molecular weight is 274 g/mol. The van der Waals surface area contributed by atoms with Gasteiger partial charge in [-0.05, 0) is 37.5 Å². The Bertz CT molecular complexity index is 430. The number of hydrogen-bond donors (Lipinski definition) is 1. The van der Waals surface area contributed by atoms with Crippen molar-refractivity contribution < 1.29 is 0 Å². The summed E-state index contributed by atoms with van der Waals surface area (Å²) in [6, 6.07) is 0. The van der Waals surface area contributed by atoms with Gasteiger partial charge in [0.2, 0.25) is 0 Å². The Kier molecular flexibility index (Phi) is 4.08. The van der Waals surface area contributed by atoms with E-state index in [2.05, 4.69) is 22.1 Å². The van der Waals surface area contributed by atoms with E-state index in [1.165, 1.54) is 38.5 Å². The summed E-state index contributed by atoms with van der Waals surface area (Å²) in [6.07, 6.45) is 13.3. The topological polar surface area (TPSA) is 41.1 Å². The van der Waals surface area contributed by atoms with Crippen LogP contribution in [0.2, 0.25) is 0 Å². The van der Waals surface area contributed by atoms with Crippen LogP contribution in [-0.2, 0) is 0 Å². The molecule has 1 saturated heterocycles. The summed E-state index contributed by atoms with van der Waals surface area (Å²) >= 11 is 0. The van der Waals surface area contributed by atoms with Gasteiger partial charge in [0.25, 0.3) is 0 Å². The third-order valence-corrected chi connectivity index (χ3v) is 4.99. The quantitative estimate of drug-likeness (QED) is 0.913. The van der Waals surface area contributed by atoms with Crippen LogP contribution in [0, 0.1) is 5.41 Å². The fraction of sp³-hybridized carbons (Fsp3) is 0.750. The maximum Gasteiger partial charge on any atom is 0.149 e. The lowest BCUT2D eigenvalue weighted by Crippen LogP contribution is -2.39. The van der Waals surface area contributed by atoms with Gasteiger partial charge in [-0.25, -0.2) is 4.98 Å². The summed E-state index contributed by atoms with van der Waals surface area (Å²) < 4.78 is 0. The van der Waals surface area contributed by atoms with Crippen molar-refractivity contribution >= 4 is 11.6 Å².